The lowest BCUT2D eigenvalue weighted by Gasteiger charge is -2.25. The predicted molar refractivity (Wildman–Crippen MR) is 84.6 cm³/mol. The summed E-state index contributed by atoms with van der Waals surface area (Å²) in [7, 11) is 0. The molecular formula is C15H25N3O2S. The molecule has 1 fully saturated rings. The average Bonchev–Trinajstić information content (AvgIpc) is 3.06. The summed E-state index contributed by atoms with van der Waals surface area (Å²) in [5.41, 5.74) is 1.08. The number of aromatic nitrogens is 1. The third kappa shape index (κ3) is 3.74. The molecule has 2 rings (SSSR count). The zero-order valence-electron chi connectivity index (χ0n) is 13.2. The number of thiazole rings is 1. The second kappa shape index (κ2) is 6.32. The van der Waals surface area contributed by atoms with Gasteiger partial charge in [0.15, 0.2) is 0 Å². The average molecular weight is 311 g/mol. The number of aliphatic hydroxyl groups is 1. The summed E-state index contributed by atoms with van der Waals surface area (Å²) in [5, 5.41) is 15.3. The van der Waals surface area contributed by atoms with Crippen LogP contribution in [0.15, 0.2) is 5.38 Å². The maximum absolute atomic E-state index is 12.3. The van der Waals surface area contributed by atoms with Crippen LogP contribution >= 0.6 is 11.3 Å². The van der Waals surface area contributed by atoms with Gasteiger partial charge in [0.1, 0.15) is 5.01 Å². The minimum Gasteiger partial charge on any atom is -0.394 e. The Hall–Kier alpha value is -1.14. The summed E-state index contributed by atoms with van der Waals surface area (Å²) in [5.74, 6) is 0. The van der Waals surface area contributed by atoms with Crippen LogP contribution in [-0.4, -0.2) is 40.2 Å². The minimum absolute atomic E-state index is 0.0232. The lowest BCUT2D eigenvalue weighted by atomic mass is 9.93. The van der Waals surface area contributed by atoms with Crippen LogP contribution < -0.4 is 5.32 Å². The van der Waals surface area contributed by atoms with Gasteiger partial charge in [0, 0.05) is 17.3 Å². The number of amides is 2. The Morgan fingerprint density at radius 1 is 1.62 bits per heavy atom. The van der Waals surface area contributed by atoms with E-state index in [1.165, 1.54) is 0 Å². The highest BCUT2D eigenvalue weighted by Crippen LogP contribution is 2.27. The van der Waals surface area contributed by atoms with Gasteiger partial charge in [-0.3, -0.25) is 0 Å². The summed E-state index contributed by atoms with van der Waals surface area (Å²) in [6.07, 6.45) is 1.84. The van der Waals surface area contributed by atoms with Gasteiger partial charge in [-0.2, -0.15) is 0 Å². The number of carbonyl (C=O) groups is 1. The van der Waals surface area contributed by atoms with Crippen molar-refractivity contribution >= 4 is 17.4 Å². The lowest BCUT2D eigenvalue weighted by Crippen LogP contribution is -2.44. The molecule has 5 nitrogen and oxygen atoms in total. The van der Waals surface area contributed by atoms with Crippen molar-refractivity contribution in [2.24, 2.45) is 0 Å². The Balaban J connectivity index is 1.99. The molecule has 1 aliphatic heterocycles. The maximum atomic E-state index is 12.3. The van der Waals surface area contributed by atoms with Crippen molar-refractivity contribution in [2.45, 2.75) is 58.0 Å². The van der Waals surface area contributed by atoms with Gasteiger partial charge in [0.2, 0.25) is 0 Å². The van der Waals surface area contributed by atoms with Crippen LogP contribution in [0.1, 0.15) is 57.3 Å². The van der Waals surface area contributed by atoms with Crippen LogP contribution in [0.5, 0.6) is 0 Å². The first-order chi connectivity index (χ1) is 9.82. The molecule has 0 spiro atoms. The third-order valence-electron chi connectivity index (χ3n) is 3.85. The van der Waals surface area contributed by atoms with E-state index in [9.17, 15) is 9.90 Å². The van der Waals surface area contributed by atoms with E-state index in [2.05, 4.69) is 36.5 Å². The van der Waals surface area contributed by atoms with Crippen LogP contribution in [0.25, 0.3) is 0 Å². The van der Waals surface area contributed by atoms with Gasteiger partial charge >= 0.3 is 6.03 Å². The fourth-order valence-corrected chi connectivity index (χ4v) is 3.51. The van der Waals surface area contributed by atoms with E-state index in [-0.39, 0.29) is 30.1 Å². The van der Waals surface area contributed by atoms with Crippen molar-refractivity contribution in [1.29, 1.82) is 0 Å². The molecule has 2 unspecified atom stereocenters. The molecule has 0 aromatic carbocycles. The van der Waals surface area contributed by atoms with Gasteiger partial charge in [0.05, 0.1) is 24.4 Å². The zero-order chi connectivity index (χ0) is 15.6. The van der Waals surface area contributed by atoms with Gasteiger partial charge < -0.3 is 15.3 Å². The van der Waals surface area contributed by atoms with Gasteiger partial charge in [-0.1, -0.05) is 20.8 Å². The summed E-state index contributed by atoms with van der Waals surface area (Å²) in [6, 6.07) is -0.260. The van der Waals surface area contributed by atoms with Crippen LogP contribution in [-0.2, 0) is 5.41 Å². The van der Waals surface area contributed by atoms with Gasteiger partial charge in [-0.15, -0.1) is 11.3 Å². The first-order valence-electron chi connectivity index (χ1n) is 7.47. The molecule has 2 amide bonds. The predicted octanol–water partition coefficient (Wildman–Crippen LogP) is 2.67. The van der Waals surface area contributed by atoms with Gasteiger partial charge in [0.25, 0.3) is 0 Å². The van der Waals surface area contributed by atoms with Crippen molar-refractivity contribution in [3.8, 4) is 0 Å². The summed E-state index contributed by atoms with van der Waals surface area (Å²) in [6.45, 7) is 9.09. The highest BCUT2D eigenvalue weighted by atomic mass is 32.1. The van der Waals surface area contributed by atoms with Gasteiger partial charge in [-0.25, -0.2) is 9.78 Å². The SMILES string of the molecule is CC(NC(=O)N1CCCC1CO)c1nc(C(C)(C)C)cs1. The van der Waals surface area contributed by atoms with E-state index in [4.69, 9.17) is 0 Å². The van der Waals surface area contributed by atoms with Crippen molar-refractivity contribution < 1.29 is 9.90 Å². The number of nitrogens with one attached hydrogen (secondary N) is 1. The second-order valence-electron chi connectivity index (χ2n) is 6.66. The molecular weight excluding hydrogens is 286 g/mol. The fourth-order valence-electron chi connectivity index (χ4n) is 2.45. The Labute approximate surface area is 130 Å². The normalized spacial score (nSPS) is 20.6. The van der Waals surface area contributed by atoms with Crippen LogP contribution in [0.2, 0.25) is 0 Å². The fraction of sp³-hybridized carbons (Fsp3) is 0.733. The number of hydrogen-bond donors (Lipinski definition) is 2. The highest BCUT2D eigenvalue weighted by Gasteiger charge is 2.29. The molecule has 0 aliphatic carbocycles. The molecule has 2 N–H and O–H groups in total. The molecule has 6 heteroatoms. The molecule has 2 heterocycles. The van der Waals surface area contributed by atoms with Gasteiger partial charge in [-0.05, 0) is 19.8 Å². The molecule has 0 saturated carbocycles. The quantitative estimate of drug-likeness (QED) is 0.902. The Morgan fingerprint density at radius 2 is 2.33 bits per heavy atom. The summed E-state index contributed by atoms with van der Waals surface area (Å²) < 4.78 is 0. The molecule has 1 aromatic rings. The first kappa shape index (κ1) is 16.2. The van der Waals surface area contributed by atoms with E-state index in [1.54, 1.807) is 16.2 Å². The number of hydrogen-bond acceptors (Lipinski definition) is 4. The number of aliphatic hydroxyl groups excluding tert-OH is 1. The second-order valence-corrected chi connectivity index (χ2v) is 7.55. The standard InChI is InChI=1S/C15H25N3O2S/c1-10(13-17-12(9-21-13)15(2,3)4)16-14(20)18-7-5-6-11(18)8-19/h9-11,19H,5-8H2,1-4H3,(H,16,20). The van der Waals surface area contributed by atoms with E-state index in [1.807, 2.05) is 6.92 Å². The number of urea groups is 1. The molecule has 1 aromatic heterocycles. The Kier molecular flexibility index (Phi) is 4.88. The zero-order valence-corrected chi connectivity index (χ0v) is 14.0. The first-order valence-corrected chi connectivity index (χ1v) is 8.34. The molecule has 1 aliphatic rings. The lowest BCUT2D eigenvalue weighted by molar-refractivity contribution is 0.155. The topological polar surface area (TPSA) is 65.5 Å². The molecule has 1 saturated heterocycles. The Bertz CT molecular complexity index is 495. The van der Waals surface area contributed by atoms with E-state index < -0.39 is 0 Å². The molecule has 0 bridgehead atoms. The number of rotatable bonds is 3. The minimum atomic E-state index is -0.112. The van der Waals surface area contributed by atoms with Crippen molar-refractivity contribution in [2.75, 3.05) is 13.2 Å². The van der Waals surface area contributed by atoms with E-state index >= 15 is 0 Å². The number of carbonyl (C=O) groups excluding carboxylic acids is 1. The largest absolute Gasteiger partial charge is 0.394 e. The van der Waals surface area contributed by atoms with Crippen LogP contribution in [0.4, 0.5) is 4.79 Å². The molecule has 0 radical (unpaired) electrons. The maximum Gasteiger partial charge on any atom is 0.318 e. The molecule has 118 valence electrons. The highest BCUT2D eigenvalue weighted by molar-refractivity contribution is 7.09. The smallest absolute Gasteiger partial charge is 0.318 e. The van der Waals surface area contributed by atoms with E-state index in [0.717, 1.165) is 30.1 Å². The molecule has 21 heavy (non-hydrogen) atoms. The summed E-state index contributed by atoms with van der Waals surface area (Å²) >= 11 is 1.58. The van der Waals surface area contributed by atoms with Crippen molar-refractivity contribution in [1.82, 2.24) is 15.2 Å². The van der Waals surface area contributed by atoms with E-state index in [0.29, 0.717) is 0 Å². The van der Waals surface area contributed by atoms with Crippen molar-refractivity contribution in [3.05, 3.63) is 16.1 Å². The molecule has 2 atom stereocenters. The van der Waals surface area contributed by atoms with Crippen molar-refractivity contribution in [3.63, 3.8) is 0 Å². The summed E-state index contributed by atoms with van der Waals surface area (Å²) in [4.78, 5) is 18.6. The number of likely N-dealkylation sites (tertiary alicyclic amines) is 1. The van der Waals surface area contributed by atoms with Crippen LogP contribution in [0.3, 0.4) is 0 Å². The van der Waals surface area contributed by atoms with Crippen LogP contribution in [0, 0.1) is 0 Å². The number of nitrogens with zero attached hydrogens (tertiary/aromatic N) is 2. The Morgan fingerprint density at radius 3 is 2.90 bits per heavy atom. The third-order valence-corrected chi connectivity index (χ3v) is 4.88. The monoisotopic (exact) mass is 311 g/mol.